The summed E-state index contributed by atoms with van der Waals surface area (Å²) in [5.74, 6) is 5.34. The number of likely N-dealkylation sites (tertiary alicyclic amines) is 1. The number of unbranched alkanes of at least 4 members (excludes halogenated alkanes) is 2. The summed E-state index contributed by atoms with van der Waals surface area (Å²) in [7, 11) is 0. The number of nitrogens with one attached hydrogen (secondary N) is 1. The van der Waals surface area contributed by atoms with E-state index in [0.717, 1.165) is 67.6 Å². The minimum absolute atomic E-state index is 0.0335. The highest BCUT2D eigenvalue weighted by Crippen LogP contribution is 2.67. The molecule has 1 aliphatic heterocycles. The second-order valence-corrected chi connectivity index (χ2v) is 17.5. The van der Waals surface area contributed by atoms with Gasteiger partial charge in [0, 0.05) is 32.0 Å². The molecule has 4 fully saturated rings. The number of nitrogens with zero attached hydrogens (tertiary/aromatic N) is 1. The predicted molar refractivity (Wildman–Crippen MR) is 188 cm³/mol. The highest BCUT2D eigenvalue weighted by molar-refractivity contribution is 5.76. The molecule has 0 spiro atoms. The Labute approximate surface area is 286 Å². The zero-order valence-corrected chi connectivity index (χ0v) is 30.5. The Morgan fingerprint density at radius 3 is 2.55 bits per heavy atom. The Balaban J connectivity index is 1.01. The smallest absolute Gasteiger partial charge is 0.407 e. The van der Waals surface area contributed by atoms with Crippen LogP contribution in [0.2, 0.25) is 0 Å². The molecule has 0 radical (unpaired) electrons. The summed E-state index contributed by atoms with van der Waals surface area (Å²) in [6, 6.07) is 0. The first-order chi connectivity index (χ1) is 22.5. The average Bonchev–Trinajstić information content (AvgIpc) is 3.60. The van der Waals surface area contributed by atoms with Gasteiger partial charge in [-0.25, -0.2) is 4.79 Å². The standard InChI is InChI=1S/C40H68N2O5/c1-27(2)10-9-11-28(3)33-15-16-34-32-14-13-31-22-29(17-19-39(31,4)35(32)18-20-40(33,34)5)26-47-38(46)41-21-8-6-7-12-37(45)42-23-30(25-43)36(44)24-42/h13,27-30,32-36,43-44H,6-12,14-26H2,1-5H3,(H,41,46)/t28?,29-,30?,32?,33+,34?,35?,36?,39-,40+/m0/s1. The molecular formula is C40H68N2O5. The molecule has 1 saturated heterocycles. The molecule has 0 aromatic heterocycles. The Kier molecular flexibility index (Phi) is 12.4. The molecule has 1 heterocycles. The first-order valence-corrected chi connectivity index (χ1v) is 19.6. The van der Waals surface area contributed by atoms with Gasteiger partial charge >= 0.3 is 6.09 Å². The number of allylic oxidation sites excluding steroid dienone is 2. The molecule has 5 aliphatic rings. The quantitative estimate of drug-likeness (QED) is 0.131. The van der Waals surface area contributed by atoms with Gasteiger partial charge in [0.15, 0.2) is 0 Å². The van der Waals surface area contributed by atoms with E-state index in [0.29, 0.717) is 49.4 Å². The van der Waals surface area contributed by atoms with Gasteiger partial charge in [-0.2, -0.15) is 0 Å². The Bertz CT molecular complexity index is 1090. The van der Waals surface area contributed by atoms with Crippen LogP contribution in [0.25, 0.3) is 0 Å². The van der Waals surface area contributed by atoms with Crippen molar-refractivity contribution in [2.45, 2.75) is 137 Å². The van der Waals surface area contributed by atoms with Crippen LogP contribution in [-0.4, -0.2) is 66.1 Å². The second-order valence-electron chi connectivity index (χ2n) is 17.5. The zero-order chi connectivity index (χ0) is 33.8. The molecule has 2 amide bonds. The fourth-order valence-electron chi connectivity index (χ4n) is 11.3. The summed E-state index contributed by atoms with van der Waals surface area (Å²) >= 11 is 0. The second kappa shape index (κ2) is 16.0. The molecule has 6 unspecified atom stereocenters. The van der Waals surface area contributed by atoms with Crippen LogP contribution in [0.5, 0.6) is 0 Å². The van der Waals surface area contributed by atoms with E-state index in [1.165, 1.54) is 57.8 Å². The van der Waals surface area contributed by atoms with Gasteiger partial charge in [0.05, 0.1) is 19.3 Å². The normalized spacial score (nSPS) is 37.1. The lowest BCUT2D eigenvalue weighted by Crippen LogP contribution is -2.50. The third kappa shape index (κ3) is 8.24. The van der Waals surface area contributed by atoms with Crippen LogP contribution >= 0.6 is 0 Å². The van der Waals surface area contributed by atoms with Crippen LogP contribution < -0.4 is 5.32 Å². The van der Waals surface area contributed by atoms with Crippen LogP contribution in [0.3, 0.4) is 0 Å². The van der Waals surface area contributed by atoms with Crippen LogP contribution in [0.1, 0.15) is 131 Å². The number of alkyl carbamates (subject to hydrolysis) is 1. The lowest BCUT2D eigenvalue weighted by atomic mass is 9.46. The first kappa shape index (κ1) is 36.7. The summed E-state index contributed by atoms with van der Waals surface area (Å²) in [6.07, 6.45) is 19.1. The number of rotatable bonds is 14. The van der Waals surface area contributed by atoms with Crippen LogP contribution in [0.4, 0.5) is 4.79 Å². The van der Waals surface area contributed by atoms with Gasteiger partial charge in [-0.3, -0.25) is 4.79 Å². The molecule has 0 aromatic rings. The van der Waals surface area contributed by atoms with Crippen molar-refractivity contribution in [2.75, 3.05) is 32.8 Å². The molecule has 0 bridgehead atoms. The number of hydrogen-bond acceptors (Lipinski definition) is 5. The SMILES string of the molecule is CC(C)CCCC(C)[C@H]1CCC2C3CC=C4C[C@@H](COC(=O)NCCCCCC(=O)N5CC(O)C(CO)C5)CC[C@]4(C)C3CC[C@@]21C. The van der Waals surface area contributed by atoms with Crippen molar-refractivity contribution in [3.05, 3.63) is 11.6 Å². The van der Waals surface area contributed by atoms with Crippen molar-refractivity contribution in [3.63, 3.8) is 0 Å². The third-order valence-electron chi connectivity index (χ3n) is 14.2. The van der Waals surface area contributed by atoms with E-state index in [1.54, 1.807) is 10.5 Å². The molecule has 7 heteroatoms. The van der Waals surface area contributed by atoms with Gasteiger partial charge < -0.3 is 25.2 Å². The van der Waals surface area contributed by atoms with Crippen molar-refractivity contribution in [2.24, 2.45) is 58.2 Å². The van der Waals surface area contributed by atoms with Crippen molar-refractivity contribution in [1.82, 2.24) is 10.2 Å². The number of carbonyl (C=O) groups excluding carboxylic acids is 2. The number of aliphatic hydroxyl groups is 2. The summed E-state index contributed by atoms with van der Waals surface area (Å²) in [5, 5.41) is 22.1. The first-order valence-electron chi connectivity index (χ1n) is 19.6. The van der Waals surface area contributed by atoms with Crippen LogP contribution in [0.15, 0.2) is 11.6 Å². The molecule has 47 heavy (non-hydrogen) atoms. The molecule has 7 nitrogen and oxygen atoms in total. The Hall–Kier alpha value is -1.60. The van der Waals surface area contributed by atoms with E-state index in [1.807, 2.05) is 0 Å². The number of fused-ring (bicyclic) bond motifs is 5. The molecular weight excluding hydrogens is 588 g/mol. The summed E-state index contributed by atoms with van der Waals surface area (Å²) in [4.78, 5) is 26.5. The Morgan fingerprint density at radius 2 is 1.81 bits per heavy atom. The number of carbonyl (C=O) groups is 2. The Morgan fingerprint density at radius 1 is 1.00 bits per heavy atom. The molecule has 5 rings (SSSR count). The van der Waals surface area contributed by atoms with Crippen molar-refractivity contribution >= 4 is 12.0 Å². The maximum atomic E-state index is 12.5. The monoisotopic (exact) mass is 657 g/mol. The van der Waals surface area contributed by atoms with E-state index in [9.17, 15) is 19.8 Å². The number of hydrogen-bond donors (Lipinski definition) is 3. The van der Waals surface area contributed by atoms with E-state index >= 15 is 0 Å². The van der Waals surface area contributed by atoms with Crippen molar-refractivity contribution < 1.29 is 24.5 Å². The van der Waals surface area contributed by atoms with Gasteiger partial charge in [-0.15, -0.1) is 0 Å². The number of β-amino-alcohol motifs (C(OH)–C–C–N with tert-alkyl or cyclic N) is 1. The van der Waals surface area contributed by atoms with Gasteiger partial charge in [0.2, 0.25) is 5.91 Å². The van der Waals surface area contributed by atoms with E-state index in [4.69, 9.17) is 4.74 Å². The minimum Gasteiger partial charge on any atom is -0.449 e. The molecule has 4 aliphatic carbocycles. The van der Waals surface area contributed by atoms with Crippen molar-refractivity contribution in [3.8, 4) is 0 Å². The molecule has 3 N–H and O–H groups in total. The van der Waals surface area contributed by atoms with E-state index < -0.39 is 6.10 Å². The minimum atomic E-state index is -0.629. The highest BCUT2D eigenvalue weighted by atomic mass is 16.5. The zero-order valence-electron chi connectivity index (χ0n) is 30.5. The maximum absolute atomic E-state index is 12.5. The van der Waals surface area contributed by atoms with Crippen molar-refractivity contribution in [1.29, 1.82) is 0 Å². The van der Waals surface area contributed by atoms with E-state index in [2.05, 4.69) is 46.0 Å². The van der Waals surface area contributed by atoms with Gasteiger partial charge in [0.25, 0.3) is 0 Å². The number of amides is 2. The topological polar surface area (TPSA) is 99.1 Å². The van der Waals surface area contributed by atoms with Gasteiger partial charge in [-0.05, 0) is 116 Å². The fourth-order valence-corrected chi connectivity index (χ4v) is 11.3. The molecule has 0 aromatic carbocycles. The summed E-state index contributed by atoms with van der Waals surface area (Å²) in [5.41, 5.74) is 2.50. The summed E-state index contributed by atoms with van der Waals surface area (Å²) < 4.78 is 5.71. The van der Waals surface area contributed by atoms with Gasteiger partial charge in [-0.1, -0.05) is 72.0 Å². The number of ether oxygens (including phenoxy) is 1. The third-order valence-corrected chi connectivity index (χ3v) is 14.2. The maximum Gasteiger partial charge on any atom is 0.407 e. The lowest BCUT2D eigenvalue weighted by Gasteiger charge is -2.58. The van der Waals surface area contributed by atoms with Crippen LogP contribution in [0, 0.1) is 58.2 Å². The van der Waals surface area contributed by atoms with Crippen LogP contribution in [-0.2, 0) is 9.53 Å². The predicted octanol–water partition coefficient (Wildman–Crippen LogP) is 7.74. The molecule has 3 saturated carbocycles. The van der Waals surface area contributed by atoms with E-state index in [-0.39, 0.29) is 24.5 Å². The fraction of sp³-hybridized carbons (Fsp3) is 0.900. The number of aliphatic hydroxyl groups excluding tert-OH is 2. The average molecular weight is 657 g/mol. The largest absolute Gasteiger partial charge is 0.449 e. The molecule has 10 atom stereocenters. The van der Waals surface area contributed by atoms with Gasteiger partial charge in [0.1, 0.15) is 0 Å². The summed E-state index contributed by atoms with van der Waals surface area (Å²) in [6.45, 7) is 14.3. The lowest BCUT2D eigenvalue weighted by molar-refractivity contribution is -0.130. The molecule has 268 valence electrons. The highest BCUT2D eigenvalue weighted by Gasteiger charge is 2.59.